The minimum atomic E-state index is -0.557. The Labute approximate surface area is 119 Å². The van der Waals surface area contributed by atoms with Crippen molar-refractivity contribution in [3.63, 3.8) is 0 Å². The lowest BCUT2D eigenvalue weighted by atomic mass is 9.89. The van der Waals surface area contributed by atoms with Crippen molar-refractivity contribution < 1.29 is 18.4 Å². The fourth-order valence-electron chi connectivity index (χ4n) is 1.82. The van der Waals surface area contributed by atoms with Gasteiger partial charge in [0.1, 0.15) is 5.75 Å². The Balaban J connectivity index is 2.15. The number of ether oxygens (including phenoxy) is 1. The summed E-state index contributed by atoms with van der Waals surface area (Å²) in [5.41, 5.74) is -0.487. The lowest BCUT2D eigenvalue weighted by Crippen LogP contribution is -2.41. The van der Waals surface area contributed by atoms with Crippen molar-refractivity contribution in [2.75, 3.05) is 7.11 Å². The van der Waals surface area contributed by atoms with Gasteiger partial charge in [0, 0.05) is 5.56 Å². The first-order chi connectivity index (χ1) is 9.25. The van der Waals surface area contributed by atoms with Gasteiger partial charge in [0.2, 0.25) is 5.95 Å². The molecule has 0 atom stereocenters. The lowest BCUT2D eigenvalue weighted by Gasteiger charge is -2.32. The Morgan fingerprint density at radius 1 is 1.25 bits per heavy atom. The molecule has 1 fully saturated rings. The van der Waals surface area contributed by atoms with E-state index in [1.807, 2.05) is 27.7 Å². The number of halogens is 1. The van der Waals surface area contributed by atoms with Crippen molar-refractivity contribution in [2.24, 2.45) is 0 Å². The van der Waals surface area contributed by atoms with E-state index >= 15 is 0 Å². The van der Waals surface area contributed by atoms with Crippen LogP contribution in [0.25, 0.3) is 6.08 Å². The summed E-state index contributed by atoms with van der Waals surface area (Å²) in [6.45, 7) is 7.87. The molecule has 1 aromatic heterocycles. The average Bonchev–Trinajstić information content (AvgIpc) is 2.57. The van der Waals surface area contributed by atoms with Gasteiger partial charge in [0.05, 0.1) is 24.5 Å². The average molecular weight is 279 g/mol. The van der Waals surface area contributed by atoms with Crippen molar-refractivity contribution >= 4 is 13.2 Å². The van der Waals surface area contributed by atoms with Gasteiger partial charge in [0.25, 0.3) is 0 Å². The fraction of sp³-hybridized carbons (Fsp3) is 0.500. The summed E-state index contributed by atoms with van der Waals surface area (Å²) >= 11 is 0. The first-order valence-electron chi connectivity index (χ1n) is 6.48. The highest BCUT2D eigenvalue weighted by atomic mass is 19.1. The van der Waals surface area contributed by atoms with Crippen LogP contribution in [0, 0.1) is 5.95 Å². The molecule has 2 rings (SSSR count). The highest BCUT2D eigenvalue weighted by molar-refractivity contribution is 6.52. The molecule has 0 aliphatic carbocycles. The second kappa shape index (κ2) is 5.18. The smallest absolute Gasteiger partial charge is 0.487 e. The number of pyridine rings is 1. The molecule has 108 valence electrons. The normalized spacial score (nSPS) is 20.6. The summed E-state index contributed by atoms with van der Waals surface area (Å²) in [7, 11) is 1.00. The molecule has 0 radical (unpaired) electrons. The standard InChI is InChI=1S/C14H19BFNO3/c1-13(2)14(3,4)20-15(19-13)7-6-10-8-11(18-5)9-17-12(10)16/h6-9H,1-5H3/b7-6+. The van der Waals surface area contributed by atoms with E-state index in [0.717, 1.165) is 0 Å². The second-order valence-electron chi connectivity index (χ2n) is 5.74. The van der Waals surface area contributed by atoms with Crippen molar-refractivity contribution in [3.05, 3.63) is 29.7 Å². The van der Waals surface area contributed by atoms with E-state index in [4.69, 9.17) is 14.0 Å². The van der Waals surface area contributed by atoms with Gasteiger partial charge in [0.15, 0.2) is 0 Å². The van der Waals surface area contributed by atoms with Crippen molar-refractivity contribution in [3.8, 4) is 5.75 Å². The Kier molecular flexibility index (Phi) is 3.89. The third-order valence-electron chi connectivity index (χ3n) is 3.78. The van der Waals surface area contributed by atoms with Crippen LogP contribution in [-0.2, 0) is 9.31 Å². The molecule has 0 N–H and O–H groups in total. The molecule has 1 saturated heterocycles. The summed E-state index contributed by atoms with van der Waals surface area (Å²) < 4.78 is 30.2. The molecule has 20 heavy (non-hydrogen) atoms. The fourth-order valence-corrected chi connectivity index (χ4v) is 1.82. The predicted octanol–water partition coefficient (Wildman–Crippen LogP) is 2.87. The van der Waals surface area contributed by atoms with Crippen LogP contribution in [0.2, 0.25) is 0 Å². The number of hydrogen-bond acceptors (Lipinski definition) is 4. The molecule has 2 heterocycles. The number of aromatic nitrogens is 1. The minimum Gasteiger partial charge on any atom is -0.495 e. The highest BCUT2D eigenvalue weighted by Gasteiger charge is 2.50. The van der Waals surface area contributed by atoms with E-state index in [2.05, 4.69) is 4.98 Å². The SMILES string of the molecule is COc1cnc(F)c(/C=C/B2OC(C)(C)C(C)(C)O2)c1. The highest BCUT2D eigenvalue weighted by Crippen LogP contribution is 2.37. The topological polar surface area (TPSA) is 40.6 Å². The lowest BCUT2D eigenvalue weighted by molar-refractivity contribution is 0.00578. The summed E-state index contributed by atoms with van der Waals surface area (Å²) in [5, 5.41) is 0. The Hall–Kier alpha value is -1.40. The molecule has 1 aliphatic heterocycles. The zero-order chi connectivity index (χ0) is 15.0. The first kappa shape index (κ1) is 15.0. The van der Waals surface area contributed by atoms with Crippen molar-refractivity contribution in [1.82, 2.24) is 4.98 Å². The van der Waals surface area contributed by atoms with Gasteiger partial charge in [-0.1, -0.05) is 12.1 Å². The molecule has 0 unspecified atom stereocenters. The maximum Gasteiger partial charge on any atom is 0.487 e. The molecule has 0 bridgehead atoms. The minimum absolute atomic E-state index is 0.332. The molecule has 0 aromatic carbocycles. The van der Waals surface area contributed by atoms with E-state index in [0.29, 0.717) is 11.3 Å². The van der Waals surface area contributed by atoms with Gasteiger partial charge in [-0.25, -0.2) is 4.98 Å². The quantitative estimate of drug-likeness (QED) is 0.630. The van der Waals surface area contributed by atoms with E-state index < -0.39 is 24.3 Å². The molecule has 6 heteroatoms. The van der Waals surface area contributed by atoms with Crippen LogP contribution in [0.1, 0.15) is 33.3 Å². The third kappa shape index (κ3) is 2.86. The zero-order valence-corrected chi connectivity index (χ0v) is 12.4. The summed E-state index contributed by atoms with van der Waals surface area (Å²) in [6.07, 6.45) is 2.93. The molecule has 1 aromatic rings. The number of rotatable bonds is 3. The van der Waals surface area contributed by atoms with Crippen LogP contribution in [0.4, 0.5) is 4.39 Å². The Morgan fingerprint density at radius 2 is 1.85 bits per heavy atom. The molecule has 0 saturated carbocycles. The van der Waals surface area contributed by atoms with E-state index in [1.54, 1.807) is 18.1 Å². The summed E-state index contributed by atoms with van der Waals surface area (Å²) in [5.74, 6) is 1.62. The molecular weight excluding hydrogens is 260 g/mol. The third-order valence-corrected chi connectivity index (χ3v) is 3.78. The molecule has 0 amide bonds. The van der Waals surface area contributed by atoms with Crippen LogP contribution < -0.4 is 4.74 Å². The Morgan fingerprint density at radius 3 is 2.40 bits per heavy atom. The van der Waals surface area contributed by atoms with Crippen LogP contribution in [0.5, 0.6) is 5.75 Å². The van der Waals surface area contributed by atoms with Crippen molar-refractivity contribution in [2.45, 2.75) is 38.9 Å². The monoisotopic (exact) mass is 279 g/mol. The zero-order valence-electron chi connectivity index (χ0n) is 12.4. The van der Waals surface area contributed by atoms with Gasteiger partial charge >= 0.3 is 7.12 Å². The number of hydrogen-bond donors (Lipinski definition) is 0. The maximum atomic E-state index is 13.6. The maximum absolute atomic E-state index is 13.6. The van der Waals surface area contributed by atoms with Gasteiger partial charge in [-0.2, -0.15) is 4.39 Å². The molecular formula is C14H19BFNO3. The molecule has 1 aliphatic rings. The van der Waals surface area contributed by atoms with E-state index in [1.165, 1.54) is 13.3 Å². The van der Waals surface area contributed by atoms with Gasteiger partial charge in [-0.15, -0.1) is 0 Å². The van der Waals surface area contributed by atoms with Gasteiger partial charge in [-0.3, -0.25) is 0 Å². The first-order valence-corrected chi connectivity index (χ1v) is 6.48. The van der Waals surface area contributed by atoms with E-state index in [-0.39, 0.29) is 0 Å². The van der Waals surface area contributed by atoms with E-state index in [9.17, 15) is 4.39 Å². The molecule has 0 spiro atoms. The van der Waals surface area contributed by atoms with Crippen LogP contribution in [0.3, 0.4) is 0 Å². The van der Waals surface area contributed by atoms with Crippen LogP contribution in [-0.4, -0.2) is 30.4 Å². The van der Waals surface area contributed by atoms with Crippen LogP contribution >= 0.6 is 0 Å². The Bertz CT molecular complexity index is 515. The number of methoxy groups -OCH3 is 1. The largest absolute Gasteiger partial charge is 0.495 e. The number of nitrogens with zero attached hydrogens (tertiary/aromatic N) is 1. The summed E-state index contributed by atoms with van der Waals surface area (Å²) in [6, 6.07) is 1.57. The summed E-state index contributed by atoms with van der Waals surface area (Å²) in [4.78, 5) is 3.63. The van der Waals surface area contributed by atoms with Gasteiger partial charge < -0.3 is 14.0 Å². The van der Waals surface area contributed by atoms with Gasteiger partial charge in [-0.05, 0) is 33.8 Å². The van der Waals surface area contributed by atoms with Crippen LogP contribution in [0.15, 0.2) is 18.2 Å². The second-order valence-corrected chi connectivity index (χ2v) is 5.74. The predicted molar refractivity (Wildman–Crippen MR) is 75.9 cm³/mol. The molecule has 4 nitrogen and oxygen atoms in total. The van der Waals surface area contributed by atoms with Crippen molar-refractivity contribution in [1.29, 1.82) is 0 Å².